The van der Waals surface area contributed by atoms with Crippen LogP contribution >= 0.6 is 0 Å². The summed E-state index contributed by atoms with van der Waals surface area (Å²) >= 11 is 0. The third-order valence-corrected chi connectivity index (χ3v) is 11.5. The maximum absolute atomic E-state index is 8.79. The minimum absolute atomic E-state index is 0.327. The van der Waals surface area contributed by atoms with E-state index >= 15 is 0 Å². The van der Waals surface area contributed by atoms with Gasteiger partial charge in [-0.2, -0.15) is 0 Å². The van der Waals surface area contributed by atoms with Crippen molar-refractivity contribution in [3.05, 3.63) is 0 Å². The second-order valence-electron chi connectivity index (χ2n) is 7.40. The molecule has 0 aliphatic heterocycles. The lowest BCUT2D eigenvalue weighted by atomic mass is 10.2. The van der Waals surface area contributed by atoms with Crippen molar-refractivity contribution >= 4 is 16.6 Å². The molecule has 3 nitrogen and oxygen atoms in total. The predicted octanol–water partition coefficient (Wildman–Crippen LogP) is 4.52. The maximum Gasteiger partial charge on any atom is 0.173 e. The summed E-state index contributed by atoms with van der Waals surface area (Å²) in [7, 11) is -3.03. The molecule has 0 saturated heterocycles. The van der Waals surface area contributed by atoms with Crippen LogP contribution in [0.1, 0.15) is 51.4 Å². The highest BCUT2D eigenvalue weighted by molar-refractivity contribution is 6.84. The first-order valence-corrected chi connectivity index (χ1v) is 15.0. The molecule has 0 spiro atoms. The zero-order chi connectivity index (χ0) is 16.2. The Bertz CT molecular complexity index is 222. The van der Waals surface area contributed by atoms with Gasteiger partial charge in [0.15, 0.2) is 16.6 Å². The highest BCUT2D eigenvalue weighted by Crippen LogP contribution is 2.25. The van der Waals surface area contributed by atoms with Gasteiger partial charge >= 0.3 is 0 Å². The van der Waals surface area contributed by atoms with E-state index in [2.05, 4.69) is 26.2 Å². The molecule has 0 saturated carbocycles. The number of rotatable bonds is 14. The zero-order valence-electron chi connectivity index (χ0n) is 14.8. The molecule has 0 fully saturated rings. The molecular formula is C16H38O3Si2. The lowest BCUT2D eigenvalue weighted by Crippen LogP contribution is -2.44. The molecule has 2 N–H and O–H groups in total. The second kappa shape index (κ2) is 11.8. The van der Waals surface area contributed by atoms with Crippen LogP contribution < -0.4 is 0 Å². The molecule has 0 unspecified atom stereocenters. The van der Waals surface area contributed by atoms with E-state index in [0.29, 0.717) is 13.2 Å². The topological polar surface area (TPSA) is 49.7 Å². The summed E-state index contributed by atoms with van der Waals surface area (Å²) in [6.45, 7) is 10.1. The van der Waals surface area contributed by atoms with Gasteiger partial charge < -0.3 is 14.3 Å². The Morgan fingerprint density at radius 2 is 0.905 bits per heavy atom. The zero-order valence-corrected chi connectivity index (χ0v) is 16.8. The molecule has 5 heteroatoms. The van der Waals surface area contributed by atoms with E-state index in [9.17, 15) is 0 Å². The van der Waals surface area contributed by atoms with Crippen LogP contribution in [-0.2, 0) is 4.12 Å². The van der Waals surface area contributed by atoms with Crippen molar-refractivity contribution in [1.82, 2.24) is 0 Å². The highest BCUT2D eigenvalue weighted by Gasteiger charge is 2.31. The average Bonchev–Trinajstić information content (AvgIpc) is 2.36. The van der Waals surface area contributed by atoms with Gasteiger partial charge in [-0.15, -0.1) is 0 Å². The summed E-state index contributed by atoms with van der Waals surface area (Å²) in [4.78, 5) is 0. The monoisotopic (exact) mass is 334 g/mol. The standard InChI is InChI=1S/C16H38O3Si2/c1-20(2,15-11-7-5-9-13-17)19-21(3,4)16-12-8-6-10-14-18/h17-18H,5-16H2,1-4H3. The summed E-state index contributed by atoms with van der Waals surface area (Å²) in [6.07, 6.45) is 9.13. The van der Waals surface area contributed by atoms with Crippen LogP contribution in [0.3, 0.4) is 0 Å². The summed E-state index contributed by atoms with van der Waals surface area (Å²) in [5.74, 6) is 0. The lowest BCUT2D eigenvalue weighted by Gasteiger charge is -2.34. The van der Waals surface area contributed by atoms with E-state index in [1.807, 2.05) is 0 Å². The molecule has 0 radical (unpaired) electrons. The minimum atomic E-state index is -1.52. The van der Waals surface area contributed by atoms with Gasteiger partial charge in [-0.05, 0) is 51.1 Å². The number of hydrogen-bond donors (Lipinski definition) is 2. The summed E-state index contributed by atoms with van der Waals surface area (Å²) in [5.41, 5.74) is 0. The van der Waals surface area contributed by atoms with Crippen molar-refractivity contribution in [3.8, 4) is 0 Å². The smallest absolute Gasteiger partial charge is 0.173 e. The quantitative estimate of drug-likeness (QED) is 0.363. The van der Waals surface area contributed by atoms with Crippen LogP contribution in [0.25, 0.3) is 0 Å². The molecule has 0 heterocycles. The van der Waals surface area contributed by atoms with Gasteiger partial charge in [0.05, 0.1) is 0 Å². The predicted molar refractivity (Wildman–Crippen MR) is 96.8 cm³/mol. The van der Waals surface area contributed by atoms with Crippen molar-refractivity contribution in [3.63, 3.8) is 0 Å². The van der Waals surface area contributed by atoms with Crippen molar-refractivity contribution in [2.45, 2.75) is 89.6 Å². The number of aliphatic hydroxyl groups excluding tert-OH is 2. The summed E-state index contributed by atoms with van der Waals surface area (Å²) in [6, 6.07) is 2.50. The fourth-order valence-electron chi connectivity index (χ4n) is 2.88. The molecule has 0 aliphatic carbocycles. The average molecular weight is 335 g/mol. The normalized spacial score (nSPS) is 12.9. The Balaban J connectivity index is 3.87. The Labute approximate surface area is 134 Å². The van der Waals surface area contributed by atoms with E-state index in [4.69, 9.17) is 14.3 Å². The first-order valence-electron chi connectivity index (χ1n) is 8.75. The van der Waals surface area contributed by atoms with Gasteiger partial charge in [0.1, 0.15) is 0 Å². The number of hydrogen-bond acceptors (Lipinski definition) is 3. The molecule has 0 aliphatic rings. The van der Waals surface area contributed by atoms with E-state index in [1.165, 1.54) is 37.8 Å². The largest absolute Gasteiger partial charge is 0.455 e. The summed E-state index contributed by atoms with van der Waals surface area (Å²) in [5, 5.41) is 17.6. The van der Waals surface area contributed by atoms with Crippen molar-refractivity contribution in [2.75, 3.05) is 13.2 Å². The minimum Gasteiger partial charge on any atom is -0.455 e. The van der Waals surface area contributed by atoms with E-state index in [1.54, 1.807) is 0 Å². The third-order valence-electron chi connectivity index (χ3n) is 3.93. The van der Waals surface area contributed by atoms with Crippen molar-refractivity contribution < 1.29 is 14.3 Å². The molecule has 0 amide bonds. The molecular weight excluding hydrogens is 296 g/mol. The third kappa shape index (κ3) is 13.7. The maximum atomic E-state index is 8.79. The highest BCUT2D eigenvalue weighted by atomic mass is 28.4. The number of aliphatic hydroxyl groups is 2. The van der Waals surface area contributed by atoms with E-state index in [0.717, 1.165) is 25.7 Å². The molecule has 21 heavy (non-hydrogen) atoms. The van der Waals surface area contributed by atoms with Crippen LogP contribution in [0.4, 0.5) is 0 Å². The first-order chi connectivity index (χ1) is 9.83. The molecule has 0 bridgehead atoms. The van der Waals surface area contributed by atoms with Gasteiger partial charge in [0, 0.05) is 13.2 Å². The summed E-state index contributed by atoms with van der Waals surface area (Å²) < 4.78 is 6.62. The molecule has 0 aromatic carbocycles. The van der Waals surface area contributed by atoms with Crippen molar-refractivity contribution in [1.29, 1.82) is 0 Å². The van der Waals surface area contributed by atoms with Gasteiger partial charge in [-0.1, -0.05) is 38.5 Å². The second-order valence-corrected chi connectivity index (χ2v) is 16.3. The molecule has 0 rings (SSSR count). The first kappa shape index (κ1) is 21.3. The fourth-order valence-corrected chi connectivity index (χ4v) is 11.9. The number of unbranched alkanes of at least 4 members (excludes halogenated alkanes) is 6. The van der Waals surface area contributed by atoms with Crippen molar-refractivity contribution in [2.24, 2.45) is 0 Å². The van der Waals surface area contributed by atoms with Crippen LogP contribution in [0.5, 0.6) is 0 Å². The Morgan fingerprint density at radius 1 is 0.571 bits per heavy atom. The molecule has 0 atom stereocenters. The van der Waals surface area contributed by atoms with Crippen LogP contribution in [-0.4, -0.2) is 40.1 Å². The fraction of sp³-hybridized carbons (Fsp3) is 1.00. The van der Waals surface area contributed by atoms with Crippen LogP contribution in [0, 0.1) is 0 Å². The Kier molecular flexibility index (Phi) is 12.0. The molecule has 0 aromatic rings. The van der Waals surface area contributed by atoms with Gasteiger partial charge in [-0.25, -0.2) is 0 Å². The lowest BCUT2D eigenvalue weighted by molar-refractivity contribution is 0.282. The van der Waals surface area contributed by atoms with Gasteiger partial charge in [0.2, 0.25) is 0 Å². The van der Waals surface area contributed by atoms with E-state index < -0.39 is 16.6 Å². The van der Waals surface area contributed by atoms with Gasteiger partial charge in [0.25, 0.3) is 0 Å². The molecule has 0 aromatic heterocycles. The molecule has 128 valence electrons. The van der Waals surface area contributed by atoms with Gasteiger partial charge in [-0.3, -0.25) is 0 Å². The Morgan fingerprint density at radius 3 is 1.24 bits per heavy atom. The SMILES string of the molecule is C[Si](C)(CCCCCCO)O[Si](C)(C)CCCCCCO. The Hall–Kier alpha value is 0.314. The van der Waals surface area contributed by atoms with Crippen LogP contribution in [0.2, 0.25) is 38.3 Å². The van der Waals surface area contributed by atoms with Crippen LogP contribution in [0.15, 0.2) is 0 Å². The van der Waals surface area contributed by atoms with E-state index in [-0.39, 0.29) is 0 Å².